The van der Waals surface area contributed by atoms with Crippen LogP contribution in [0.3, 0.4) is 0 Å². The Hall–Kier alpha value is -1.17. The predicted molar refractivity (Wildman–Crippen MR) is 116 cm³/mol. The molecule has 1 atom stereocenters. The van der Waals surface area contributed by atoms with Crippen molar-refractivity contribution in [1.82, 2.24) is 8.61 Å². The van der Waals surface area contributed by atoms with Crippen LogP contribution in [0.1, 0.15) is 46.0 Å². The highest BCUT2D eigenvalue weighted by molar-refractivity contribution is 8.22. The molecule has 2 fully saturated rings. The van der Waals surface area contributed by atoms with Crippen molar-refractivity contribution in [3.05, 3.63) is 24.3 Å². The van der Waals surface area contributed by atoms with E-state index in [-0.39, 0.29) is 28.4 Å². The summed E-state index contributed by atoms with van der Waals surface area (Å²) < 4.78 is 55.6. The average molecular weight is 461 g/mol. The molecule has 1 aromatic rings. The normalized spacial score (nSPS) is 22.0. The number of ether oxygens (including phenoxy) is 1. The molecule has 10 heteroatoms. The van der Waals surface area contributed by atoms with Crippen LogP contribution in [0.4, 0.5) is 0 Å². The van der Waals surface area contributed by atoms with Crippen LogP contribution in [0.2, 0.25) is 0 Å². The van der Waals surface area contributed by atoms with Gasteiger partial charge in [-0.05, 0) is 56.4 Å². The van der Waals surface area contributed by atoms with E-state index in [0.29, 0.717) is 32.5 Å². The van der Waals surface area contributed by atoms with Crippen LogP contribution in [0.25, 0.3) is 0 Å². The molecule has 0 spiro atoms. The Morgan fingerprint density at radius 3 is 2.20 bits per heavy atom. The van der Waals surface area contributed by atoms with Gasteiger partial charge in [0.15, 0.2) is 0 Å². The molecule has 0 radical (unpaired) electrons. The minimum absolute atomic E-state index is 0.0115. The van der Waals surface area contributed by atoms with Gasteiger partial charge in [-0.25, -0.2) is 12.7 Å². The van der Waals surface area contributed by atoms with E-state index >= 15 is 0 Å². The SMILES string of the molecule is CCN(CC)S(O)(O)c1ccc(S(=O)(=O)N2CCC[C@@H](C(=O)OC3CCC3)C2)cc1. The molecule has 170 valence electrons. The summed E-state index contributed by atoms with van der Waals surface area (Å²) in [5.74, 6) is -0.744. The summed E-state index contributed by atoms with van der Waals surface area (Å²) in [6.45, 7) is 5.06. The Morgan fingerprint density at radius 2 is 1.67 bits per heavy atom. The van der Waals surface area contributed by atoms with E-state index in [4.69, 9.17) is 4.74 Å². The van der Waals surface area contributed by atoms with Gasteiger partial charge in [0.1, 0.15) is 6.10 Å². The van der Waals surface area contributed by atoms with Crippen LogP contribution >= 0.6 is 10.8 Å². The second kappa shape index (κ2) is 9.54. The molecular weight excluding hydrogens is 428 g/mol. The molecule has 1 heterocycles. The van der Waals surface area contributed by atoms with Crippen LogP contribution in [-0.4, -0.2) is 64.4 Å². The van der Waals surface area contributed by atoms with E-state index in [1.165, 1.54) is 28.6 Å². The molecular formula is C20H32N2O6S2. The number of carbonyl (C=O) groups is 1. The predicted octanol–water partition coefficient (Wildman–Crippen LogP) is 3.55. The quantitative estimate of drug-likeness (QED) is 0.571. The Balaban J connectivity index is 1.72. The van der Waals surface area contributed by atoms with Crippen molar-refractivity contribution < 1.29 is 27.1 Å². The number of esters is 1. The van der Waals surface area contributed by atoms with Crippen molar-refractivity contribution in [2.45, 2.75) is 61.8 Å². The van der Waals surface area contributed by atoms with E-state index in [1.807, 2.05) is 13.8 Å². The lowest BCUT2D eigenvalue weighted by Crippen LogP contribution is -2.43. The number of benzene rings is 1. The summed E-state index contributed by atoms with van der Waals surface area (Å²) in [6, 6.07) is 5.71. The summed E-state index contributed by atoms with van der Waals surface area (Å²) in [5, 5.41) is 0. The minimum atomic E-state index is -3.78. The largest absolute Gasteiger partial charge is 0.462 e. The summed E-state index contributed by atoms with van der Waals surface area (Å²) in [7, 11) is -6.94. The van der Waals surface area contributed by atoms with Gasteiger partial charge in [0.2, 0.25) is 10.0 Å². The van der Waals surface area contributed by atoms with Crippen molar-refractivity contribution >= 4 is 26.8 Å². The maximum atomic E-state index is 13.1. The molecule has 1 aliphatic carbocycles. The molecule has 30 heavy (non-hydrogen) atoms. The first-order valence-corrected chi connectivity index (χ1v) is 13.5. The van der Waals surface area contributed by atoms with Crippen LogP contribution in [0.15, 0.2) is 34.1 Å². The second-order valence-corrected chi connectivity index (χ2v) is 11.8. The van der Waals surface area contributed by atoms with E-state index in [2.05, 4.69) is 0 Å². The van der Waals surface area contributed by atoms with E-state index in [1.54, 1.807) is 4.31 Å². The third kappa shape index (κ3) is 4.84. The third-order valence-corrected chi connectivity index (χ3v) is 9.92. The molecule has 1 aliphatic heterocycles. The first-order valence-electron chi connectivity index (χ1n) is 10.5. The monoisotopic (exact) mass is 460 g/mol. The topological polar surface area (TPSA) is 107 Å². The van der Waals surface area contributed by atoms with E-state index in [0.717, 1.165) is 19.3 Å². The highest BCUT2D eigenvalue weighted by Crippen LogP contribution is 2.51. The fourth-order valence-corrected chi connectivity index (χ4v) is 6.82. The Bertz CT molecular complexity index is 835. The van der Waals surface area contributed by atoms with Gasteiger partial charge in [0, 0.05) is 26.2 Å². The van der Waals surface area contributed by atoms with Gasteiger partial charge >= 0.3 is 5.97 Å². The summed E-state index contributed by atoms with van der Waals surface area (Å²) in [6.07, 6.45) is 4.06. The summed E-state index contributed by atoms with van der Waals surface area (Å²) in [4.78, 5) is 12.7. The van der Waals surface area contributed by atoms with Crippen molar-refractivity contribution in [3.8, 4) is 0 Å². The molecule has 1 saturated carbocycles. The summed E-state index contributed by atoms with van der Waals surface area (Å²) >= 11 is 0. The van der Waals surface area contributed by atoms with Gasteiger partial charge in [-0.3, -0.25) is 13.9 Å². The van der Waals surface area contributed by atoms with Gasteiger partial charge in [-0.1, -0.05) is 13.8 Å². The van der Waals surface area contributed by atoms with Gasteiger partial charge < -0.3 is 4.74 Å². The maximum absolute atomic E-state index is 13.1. The molecule has 0 bridgehead atoms. The Kier molecular flexibility index (Phi) is 7.47. The molecule has 3 rings (SSSR count). The first kappa shape index (κ1) is 23.5. The molecule has 1 saturated heterocycles. The van der Waals surface area contributed by atoms with Gasteiger partial charge in [-0.15, -0.1) is 10.8 Å². The zero-order valence-electron chi connectivity index (χ0n) is 17.6. The van der Waals surface area contributed by atoms with E-state index in [9.17, 15) is 22.3 Å². The fraction of sp³-hybridized carbons (Fsp3) is 0.650. The molecule has 0 aromatic heterocycles. The minimum Gasteiger partial charge on any atom is -0.462 e. The molecule has 1 aromatic carbocycles. The number of carbonyl (C=O) groups excluding carboxylic acids is 1. The molecule has 0 unspecified atom stereocenters. The van der Waals surface area contributed by atoms with Gasteiger partial charge in [0.25, 0.3) is 0 Å². The Morgan fingerprint density at radius 1 is 1.07 bits per heavy atom. The number of rotatable bonds is 8. The van der Waals surface area contributed by atoms with Gasteiger partial charge in [-0.2, -0.15) is 4.31 Å². The second-order valence-electron chi connectivity index (χ2n) is 7.80. The number of hydrogen-bond acceptors (Lipinski definition) is 7. The highest BCUT2D eigenvalue weighted by Gasteiger charge is 2.36. The highest BCUT2D eigenvalue weighted by atomic mass is 32.3. The fourth-order valence-electron chi connectivity index (χ4n) is 3.78. The summed E-state index contributed by atoms with van der Waals surface area (Å²) in [5.41, 5.74) is 0. The van der Waals surface area contributed by atoms with Crippen LogP contribution < -0.4 is 0 Å². The first-order chi connectivity index (χ1) is 14.2. The Labute approximate surface area is 180 Å². The lowest BCUT2D eigenvalue weighted by atomic mass is 9.95. The lowest BCUT2D eigenvalue weighted by Gasteiger charge is -2.42. The average Bonchev–Trinajstić information content (AvgIpc) is 2.71. The maximum Gasteiger partial charge on any atom is 0.310 e. The number of hydrogen-bond donors (Lipinski definition) is 2. The number of nitrogens with zero attached hydrogens (tertiary/aromatic N) is 2. The van der Waals surface area contributed by atoms with Crippen molar-refractivity contribution in [2.24, 2.45) is 5.92 Å². The molecule has 2 aliphatic rings. The van der Waals surface area contributed by atoms with E-state index < -0.39 is 26.7 Å². The zero-order chi connectivity index (χ0) is 21.9. The number of piperidine rings is 1. The van der Waals surface area contributed by atoms with Crippen LogP contribution in [0.5, 0.6) is 0 Å². The van der Waals surface area contributed by atoms with Crippen LogP contribution in [-0.2, 0) is 19.6 Å². The van der Waals surface area contributed by atoms with Crippen molar-refractivity contribution in [1.29, 1.82) is 0 Å². The molecule has 0 amide bonds. The lowest BCUT2D eigenvalue weighted by molar-refractivity contribution is -0.159. The standard InChI is InChI=1S/C20H32N2O6S2/c1-3-21(4-2)29(24,25)18-10-12-19(13-11-18)30(26,27)22-14-6-7-16(15-22)20(23)28-17-8-5-9-17/h10-13,16-17,24-25H,3-9,14-15H2,1-2H3/t16-/m1/s1. The zero-order valence-corrected chi connectivity index (χ0v) is 19.2. The van der Waals surface area contributed by atoms with Gasteiger partial charge in [0.05, 0.1) is 15.7 Å². The molecule has 2 N–H and O–H groups in total. The third-order valence-electron chi connectivity index (χ3n) is 5.90. The van der Waals surface area contributed by atoms with Crippen molar-refractivity contribution in [2.75, 3.05) is 26.2 Å². The van der Waals surface area contributed by atoms with Crippen molar-refractivity contribution in [3.63, 3.8) is 0 Å². The molecule has 8 nitrogen and oxygen atoms in total. The smallest absolute Gasteiger partial charge is 0.310 e. The number of sulfonamides is 1. The van der Waals surface area contributed by atoms with Crippen LogP contribution in [0, 0.1) is 5.92 Å².